The Labute approximate surface area is 137 Å². The smallest absolute Gasteiger partial charge is 0.219 e. The molecule has 0 bridgehead atoms. The molecule has 1 aromatic rings. The predicted octanol–water partition coefficient (Wildman–Crippen LogP) is 1.11. The molecule has 2 aliphatic rings. The number of piperidine rings is 1. The van der Waals surface area contributed by atoms with E-state index in [1.807, 2.05) is 17.3 Å². The Hall–Kier alpha value is -1.53. The van der Waals surface area contributed by atoms with E-state index >= 15 is 0 Å². The highest BCUT2D eigenvalue weighted by atomic mass is 16.5. The summed E-state index contributed by atoms with van der Waals surface area (Å²) in [6.07, 6.45) is 6.94. The largest absolute Gasteiger partial charge is 0.379 e. The van der Waals surface area contributed by atoms with Gasteiger partial charge in [0.15, 0.2) is 0 Å². The molecule has 0 aliphatic carbocycles. The highest BCUT2D eigenvalue weighted by Gasteiger charge is 2.21. The Morgan fingerprint density at radius 3 is 2.39 bits per heavy atom. The second kappa shape index (κ2) is 7.84. The zero-order valence-electron chi connectivity index (χ0n) is 13.9. The molecule has 6 heteroatoms. The van der Waals surface area contributed by atoms with E-state index in [-0.39, 0.29) is 5.91 Å². The molecule has 0 N–H and O–H groups in total. The van der Waals surface area contributed by atoms with Crippen molar-refractivity contribution >= 4 is 5.91 Å². The number of ether oxygens (including phenoxy) is 1. The highest BCUT2D eigenvalue weighted by molar-refractivity contribution is 5.73. The molecule has 1 amide bonds. The fraction of sp³-hybridized carbons (Fsp3) is 0.706. The molecule has 0 unspecified atom stereocenters. The number of carbonyl (C=O) groups excluding carboxylic acids is 1. The molecule has 0 radical (unpaired) electrons. The lowest BCUT2D eigenvalue weighted by atomic mass is 9.92. The third kappa shape index (κ3) is 4.72. The summed E-state index contributed by atoms with van der Waals surface area (Å²) in [5.41, 5.74) is 2.10. The van der Waals surface area contributed by atoms with E-state index in [0.29, 0.717) is 5.92 Å². The molecule has 6 nitrogen and oxygen atoms in total. The van der Waals surface area contributed by atoms with Crippen LogP contribution in [0.2, 0.25) is 0 Å². The van der Waals surface area contributed by atoms with E-state index in [4.69, 9.17) is 4.74 Å². The first-order valence-electron chi connectivity index (χ1n) is 8.56. The van der Waals surface area contributed by atoms with Crippen molar-refractivity contribution in [2.75, 3.05) is 39.4 Å². The fourth-order valence-electron chi connectivity index (χ4n) is 3.30. The molecule has 0 spiro atoms. The topological polar surface area (TPSA) is 58.6 Å². The minimum atomic E-state index is 0.190. The number of hydrogen-bond acceptors (Lipinski definition) is 5. The molecule has 2 saturated heterocycles. The van der Waals surface area contributed by atoms with Gasteiger partial charge in [-0.05, 0) is 25.2 Å². The lowest BCUT2D eigenvalue weighted by Crippen LogP contribution is -2.37. The number of aromatic nitrogens is 2. The van der Waals surface area contributed by atoms with E-state index in [2.05, 4.69) is 14.9 Å². The van der Waals surface area contributed by atoms with Gasteiger partial charge in [-0.1, -0.05) is 0 Å². The SMILES string of the molecule is CC(=O)N1CCC(Cc2cnc(CN3CCOCC3)cn2)CC1. The van der Waals surface area contributed by atoms with Gasteiger partial charge in [-0.3, -0.25) is 19.7 Å². The summed E-state index contributed by atoms with van der Waals surface area (Å²) in [6.45, 7) is 7.82. The van der Waals surface area contributed by atoms with E-state index < -0.39 is 0 Å². The van der Waals surface area contributed by atoms with Crippen molar-refractivity contribution < 1.29 is 9.53 Å². The Balaban J connectivity index is 1.47. The van der Waals surface area contributed by atoms with E-state index in [1.54, 1.807) is 6.92 Å². The lowest BCUT2D eigenvalue weighted by molar-refractivity contribution is -0.130. The second-order valence-corrected chi connectivity index (χ2v) is 6.54. The van der Waals surface area contributed by atoms with E-state index in [9.17, 15) is 4.79 Å². The molecule has 2 fully saturated rings. The Bertz CT molecular complexity index is 506. The van der Waals surface area contributed by atoms with E-state index in [1.165, 1.54) is 0 Å². The number of hydrogen-bond donors (Lipinski definition) is 0. The summed E-state index contributed by atoms with van der Waals surface area (Å²) < 4.78 is 5.36. The van der Waals surface area contributed by atoms with Gasteiger partial charge in [0.05, 0.1) is 30.8 Å². The molecule has 3 rings (SSSR count). The summed E-state index contributed by atoms with van der Waals surface area (Å²) >= 11 is 0. The predicted molar refractivity (Wildman–Crippen MR) is 86.8 cm³/mol. The summed E-state index contributed by atoms with van der Waals surface area (Å²) in [6, 6.07) is 0. The molecule has 126 valence electrons. The monoisotopic (exact) mass is 318 g/mol. The van der Waals surface area contributed by atoms with Crippen LogP contribution in [0.4, 0.5) is 0 Å². The van der Waals surface area contributed by atoms with Gasteiger partial charge in [-0.15, -0.1) is 0 Å². The van der Waals surface area contributed by atoms with Gasteiger partial charge in [-0.25, -0.2) is 0 Å². The number of nitrogens with zero attached hydrogens (tertiary/aromatic N) is 4. The zero-order chi connectivity index (χ0) is 16.1. The third-order valence-electron chi connectivity index (χ3n) is 4.81. The maximum atomic E-state index is 11.4. The van der Waals surface area contributed by atoms with E-state index in [0.717, 1.165) is 76.6 Å². The maximum absolute atomic E-state index is 11.4. The van der Waals surface area contributed by atoms with Crippen LogP contribution in [0.3, 0.4) is 0 Å². The number of carbonyl (C=O) groups is 1. The Morgan fingerprint density at radius 1 is 1.13 bits per heavy atom. The van der Waals surface area contributed by atoms with Crippen molar-refractivity contribution in [3.63, 3.8) is 0 Å². The van der Waals surface area contributed by atoms with Crippen molar-refractivity contribution in [3.8, 4) is 0 Å². The van der Waals surface area contributed by atoms with Crippen LogP contribution in [0.15, 0.2) is 12.4 Å². The molecular formula is C17H26N4O2. The zero-order valence-corrected chi connectivity index (χ0v) is 13.9. The maximum Gasteiger partial charge on any atom is 0.219 e. The Kier molecular flexibility index (Phi) is 5.56. The minimum absolute atomic E-state index is 0.190. The average molecular weight is 318 g/mol. The summed E-state index contributed by atoms with van der Waals surface area (Å²) in [5, 5.41) is 0. The molecule has 0 aromatic carbocycles. The van der Waals surface area contributed by atoms with Gasteiger partial charge in [-0.2, -0.15) is 0 Å². The molecule has 1 aromatic heterocycles. The average Bonchev–Trinajstić information content (AvgIpc) is 2.58. The van der Waals surface area contributed by atoms with Crippen LogP contribution >= 0.6 is 0 Å². The van der Waals surface area contributed by atoms with Crippen LogP contribution in [-0.4, -0.2) is 65.1 Å². The molecular weight excluding hydrogens is 292 g/mol. The number of amides is 1. The first-order chi connectivity index (χ1) is 11.2. The van der Waals surface area contributed by atoms with Crippen LogP contribution in [0.1, 0.15) is 31.2 Å². The van der Waals surface area contributed by atoms with Crippen LogP contribution in [-0.2, 0) is 22.5 Å². The highest BCUT2D eigenvalue weighted by Crippen LogP contribution is 2.20. The van der Waals surface area contributed by atoms with Crippen molar-refractivity contribution in [1.82, 2.24) is 19.8 Å². The number of likely N-dealkylation sites (tertiary alicyclic amines) is 1. The minimum Gasteiger partial charge on any atom is -0.379 e. The number of rotatable bonds is 4. The lowest BCUT2D eigenvalue weighted by Gasteiger charge is -2.31. The fourth-order valence-corrected chi connectivity index (χ4v) is 3.30. The van der Waals surface area contributed by atoms with Gasteiger partial charge >= 0.3 is 0 Å². The molecule has 2 aliphatic heterocycles. The standard InChI is InChI=1S/C17H26N4O2/c1-14(22)21-4-2-15(3-5-21)10-16-11-19-17(12-18-16)13-20-6-8-23-9-7-20/h11-12,15H,2-10,13H2,1H3. The van der Waals surface area contributed by atoms with Crippen LogP contribution in [0, 0.1) is 5.92 Å². The second-order valence-electron chi connectivity index (χ2n) is 6.54. The Morgan fingerprint density at radius 2 is 1.78 bits per heavy atom. The quantitative estimate of drug-likeness (QED) is 0.832. The number of morpholine rings is 1. The van der Waals surface area contributed by atoms with Crippen molar-refractivity contribution in [1.29, 1.82) is 0 Å². The first kappa shape index (κ1) is 16.3. The summed E-state index contributed by atoms with van der Waals surface area (Å²) in [4.78, 5) is 24.8. The third-order valence-corrected chi connectivity index (χ3v) is 4.81. The molecule has 3 heterocycles. The normalized spacial score (nSPS) is 20.7. The van der Waals surface area contributed by atoms with Gasteiger partial charge in [0.2, 0.25) is 5.91 Å². The van der Waals surface area contributed by atoms with Crippen LogP contribution in [0.25, 0.3) is 0 Å². The molecule has 23 heavy (non-hydrogen) atoms. The van der Waals surface area contributed by atoms with Crippen molar-refractivity contribution in [2.24, 2.45) is 5.92 Å². The van der Waals surface area contributed by atoms with Gasteiger partial charge < -0.3 is 9.64 Å². The van der Waals surface area contributed by atoms with Gasteiger partial charge in [0.1, 0.15) is 0 Å². The van der Waals surface area contributed by atoms with Crippen molar-refractivity contribution in [2.45, 2.75) is 32.7 Å². The first-order valence-corrected chi connectivity index (χ1v) is 8.56. The van der Waals surface area contributed by atoms with Gasteiger partial charge in [0, 0.05) is 45.8 Å². The van der Waals surface area contributed by atoms with Crippen molar-refractivity contribution in [3.05, 3.63) is 23.8 Å². The van der Waals surface area contributed by atoms with Crippen LogP contribution in [0.5, 0.6) is 0 Å². The molecule has 0 saturated carbocycles. The summed E-state index contributed by atoms with van der Waals surface area (Å²) in [5.74, 6) is 0.806. The van der Waals surface area contributed by atoms with Gasteiger partial charge in [0.25, 0.3) is 0 Å². The van der Waals surface area contributed by atoms with Crippen LogP contribution < -0.4 is 0 Å². The molecule has 0 atom stereocenters. The summed E-state index contributed by atoms with van der Waals surface area (Å²) in [7, 11) is 0.